The minimum Gasteiger partial charge on any atom is -0.326 e. The van der Waals surface area contributed by atoms with Crippen molar-refractivity contribution in [3.05, 3.63) is 59.2 Å². The van der Waals surface area contributed by atoms with Gasteiger partial charge in [0, 0.05) is 38.3 Å². The van der Waals surface area contributed by atoms with Crippen LogP contribution in [0, 0.1) is 13.8 Å². The Hall–Kier alpha value is -2.22. The molecule has 1 aliphatic rings. The number of hydrogen-bond donors (Lipinski definition) is 1. The summed E-state index contributed by atoms with van der Waals surface area (Å²) in [5.41, 5.74) is 4.04. The van der Waals surface area contributed by atoms with Crippen LogP contribution >= 0.6 is 0 Å². The smallest absolute Gasteiger partial charge is 0.243 e. The topological polar surface area (TPSA) is 69.7 Å². The van der Waals surface area contributed by atoms with Crippen LogP contribution in [0.3, 0.4) is 0 Å². The third-order valence-corrected chi connectivity index (χ3v) is 7.23. The van der Waals surface area contributed by atoms with Crippen molar-refractivity contribution in [2.45, 2.75) is 31.6 Å². The van der Waals surface area contributed by atoms with Crippen molar-refractivity contribution in [3.8, 4) is 0 Å². The first-order valence-corrected chi connectivity index (χ1v) is 11.3. The normalized spacial score (nSPS) is 16.0. The van der Waals surface area contributed by atoms with Gasteiger partial charge in [0.1, 0.15) is 0 Å². The van der Waals surface area contributed by atoms with Gasteiger partial charge in [-0.3, -0.25) is 4.79 Å². The Bertz CT molecular complexity index is 981. The molecule has 0 saturated carbocycles. The number of carbonyl (C=O) groups excluding carboxylic acids is 1. The molecule has 1 amide bonds. The molecule has 0 aliphatic carbocycles. The van der Waals surface area contributed by atoms with E-state index >= 15 is 0 Å². The van der Waals surface area contributed by atoms with Crippen molar-refractivity contribution in [1.29, 1.82) is 0 Å². The molecule has 7 heteroatoms. The Kier molecular flexibility index (Phi) is 6.72. The van der Waals surface area contributed by atoms with E-state index < -0.39 is 10.0 Å². The predicted octanol–water partition coefficient (Wildman–Crippen LogP) is 2.81. The molecule has 2 aromatic carbocycles. The minimum absolute atomic E-state index is 0.126. The fourth-order valence-corrected chi connectivity index (χ4v) is 4.98. The molecule has 0 radical (unpaired) electrons. The molecule has 29 heavy (non-hydrogen) atoms. The third-order valence-electron chi connectivity index (χ3n) is 5.34. The second-order valence-electron chi connectivity index (χ2n) is 7.71. The van der Waals surface area contributed by atoms with Gasteiger partial charge in [-0.05, 0) is 56.6 Å². The summed E-state index contributed by atoms with van der Waals surface area (Å²) in [7, 11) is -1.57. The number of carbonyl (C=O) groups is 1. The van der Waals surface area contributed by atoms with Gasteiger partial charge in [-0.15, -0.1) is 0 Å². The molecule has 1 fully saturated rings. The summed E-state index contributed by atoms with van der Waals surface area (Å²) in [6.45, 7) is 6.48. The van der Waals surface area contributed by atoms with Crippen LogP contribution in [0.25, 0.3) is 0 Å². The summed E-state index contributed by atoms with van der Waals surface area (Å²) >= 11 is 0. The Balaban J connectivity index is 1.64. The van der Waals surface area contributed by atoms with Gasteiger partial charge in [0.15, 0.2) is 0 Å². The second kappa shape index (κ2) is 9.07. The van der Waals surface area contributed by atoms with Crippen LogP contribution in [0.5, 0.6) is 0 Å². The average Bonchev–Trinajstić information content (AvgIpc) is 2.68. The zero-order valence-electron chi connectivity index (χ0n) is 17.3. The number of benzene rings is 2. The van der Waals surface area contributed by atoms with Crippen molar-refractivity contribution in [1.82, 2.24) is 9.21 Å². The summed E-state index contributed by atoms with van der Waals surface area (Å²) < 4.78 is 27.3. The SMILES string of the molecule is Cc1ccc(CCC(=O)Nc2cccc(S(=O)(=O)N3CCN(C)CC3)c2)c(C)c1. The lowest BCUT2D eigenvalue weighted by Gasteiger charge is -2.31. The van der Waals surface area contributed by atoms with E-state index in [2.05, 4.69) is 22.3 Å². The first-order valence-electron chi connectivity index (χ1n) is 9.90. The summed E-state index contributed by atoms with van der Waals surface area (Å²) in [5.74, 6) is -0.126. The summed E-state index contributed by atoms with van der Waals surface area (Å²) in [5, 5.41) is 2.84. The number of amides is 1. The maximum absolute atomic E-state index is 12.9. The molecule has 1 saturated heterocycles. The van der Waals surface area contributed by atoms with Gasteiger partial charge in [0.2, 0.25) is 15.9 Å². The Morgan fingerprint density at radius 3 is 2.45 bits per heavy atom. The van der Waals surface area contributed by atoms with Crippen LogP contribution in [-0.4, -0.2) is 56.8 Å². The molecule has 0 spiro atoms. The average molecular weight is 416 g/mol. The number of aryl methyl sites for hydroxylation is 3. The molecule has 0 atom stereocenters. The highest BCUT2D eigenvalue weighted by atomic mass is 32.2. The Morgan fingerprint density at radius 1 is 1.03 bits per heavy atom. The highest BCUT2D eigenvalue weighted by molar-refractivity contribution is 7.89. The lowest BCUT2D eigenvalue weighted by atomic mass is 10.0. The third kappa shape index (κ3) is 5.44. The van der Waals surface area contributed by atoms with Gasteiger partial charge in [0.25, 0.3) is 0 Å². The van der Waals surface area contributed by atoms with E-state index in [1.165, 1.54) is 15.4 Å². The number of nitrogens with zero attached hydrogens (tertiary/aromatic N) is 2. The van der Waals surface area contributed by atoms with E-state index in [9.17, 15) is 13.2 Å². The molecule has 3 rings (SSSR count). The van der Waals surface area contributed by atoms with Crippen LogP contribution in [0.1, 0.15) is 23.1 Å². The lowest BCUT2D eigenvalue weighted by molar-refractivity contribution is -0.116. The maximum atomic E-state index is 12.9. The van der Waals surface area contributed by atoms with Gasteiger partial charge >= 0.3 is 0 Å². The largest absolute Gasteiger partial charge is 0.326 e. The van der Waals surface area contributed by atoms with Crippen molar-refractivity contribution in [3.63, 3.8) is 0 Å². The number of nitrogens with one attached hydrogen (secondary N) is 1. The van der Waals surface area contributed by atoms with Crippen molar-refractivity contribution in [2.75, 3.05) is 38.5 Å². The molecule has 156 valence electrons. The molecule has 1 aliphatic heterocycles. The summed E-state index contributed by atoms with van der Waals surface area (Å²) in [4.78, 5) is 14.7. The summed E-state index contributed by atoms with van der Waals surface area (Å²) in [6.07, 6.45) is 0.997. The lowest BCUT2D eigenvalue weighted by Crippen LogP contribution is -2.47. The Morgan fingerprint density at radius 2 is 1.76 bits per heavy atom. The molecule has 1 N–H and O–H groups in total. The van der Waals surface area contributed by atoms with Crippen LogP contribution in [0.15, 0.2) is 47.4 Å². The van der Waals surface area contributed by atoms with Crippen LogP contribution in [-0.2, 0) is 21.2 Å². The highest BCUT2D eigenvalue weighted by Crippen LogP contribution is 2.21. The standard InChI is InChI=1S/C22H29N3O3S/c1-17-7-8-19(18(2)15-17)9-10-22(26)23-20-5-4-6-21(16-20)29(27,28)25-13-11-24(3)12-14-25/h4-8,15-16H,9-14H2,1-3H3,(H,23,26). The highest BCUT2D eigenvalue weighted by Gasteiger charge is 2.27. The summed E-state index contributed by atoms with van der Waals surface area (Å²) in [6, 6.07) is 12.7. The monoisotopic (exact) mass is 415 g/mol. The molecule has 0 bridgehead atoms. The number of hydrogen-bond acceptors (Lipinski definition) is 4. The molecule has 6 nitrogen and oxygen atoms in total. The van der Waals surface area contributed by atoms with E-state index in [-0.39, 0.29) is 10.8 Å². The first kappa shape index (κ1) is 21.5. The van der Waals surface area contributed by atoms with E-state index in [0.29, 0.717) is 44.7 Å². The molecule has 0 unspecified atom stereocenters. The van der Waals surface area contributed by atoms with Crippen LogP contribution in [0.4, 0.5) is 5.69 Å². The van der Waals surface area contributed by atoms with E-state index in [0.717, 1.165) is 5.56 Å². The number of anilines is 1. The molecule has 1 heterocycles. The van der Waals surface area contributed by atoms with Gasteiger partial charge in [-0.25, -0.2) is 8.42 Å². The zero-order valence-corrected chi connectivity index (χ0v) is 18.1. The number of likely N-dealkylation sites (N-methyl/N-ethyl adjacent to an activating group) is 1. The van der Waals surface area contributed by atoms with Crippen molar-refractivity contribution in [2.24, 2.45) is 0 Å². The number of piperazine rings is 1. The zero-order chi connectivity index (χ0) is 21.0. The van der Waals surface area contributed by atoms with Gasteiger partial charge < -0.3 is 10.2 Å². The van der Waals surface area contributed by atoms with Crippen molar-refractivity contribution >= 4 is 21.6 Å². The van der Waals surface area contributed by atoms with Gasteiger partial charge in [-0.1, -0.05) is 29.8 Å². The van der Waals surface area contributed by atoms with Crippen LogP contribution in [0.2, 0.25) is 0 Å². The number of rotatable bonds is 6. The fraction of sp³-hybridized carbons (Fsp3) is 0.409. The van der Waals surface area contributed by atoms with E-state index in [4.69, 9.17) is 0 Å². The van der Waals surface area contributed by atoms with Crippen molar-refractivity contribution < 1.29 is 13.2 Å². The molecule has 0 aromatic heterocycles. The van der Waals surface area contributed by atoms with E-state index in [1.54, 1.807) is 24.3 Å². The quantitative estimate of drug-likeness (QED) is 0.788. The number of sulfonamides is 1. The predicted molar refractivity (Wildman–Crippen MR) is 116 cm³/mol. The maximum Gasteiger partial charge on any atom is 0.243 e. The van der Waals surface area contributed by atoms with Gasteiger partial charge in [0.05, 0.1) is 4.90 Å². The minimum atomic E-state index is -3.55. The fourth-order valence-electron chi connectivity index (χ4n) is 3.51. The van der Waals surface area contributed by atoms with E-state index in [1.807, 2.05) is 27.0 Å². The Labute approximate surface area is 173 Å². The second-order valence-corrected chi connectivity index (χ2v) is 9.65. The first-order chi connectivity index (χ1) is 13.8. The molecular weight excluding hydrogens is 386 g/mol. The molecule has 2 aromatic rings. The van der Waals surface area contributed by atoms with Gasteiger partial charge in [-0.2, -0.15) is 4.31 Å². The molecular formula is C22H29N3O3S. The van der Waals surface area contributed by atoms with Crippen LogP contribution < -0.4 is 5.32 Å².